The second kappa shape index (κ2) is 50.4. The molecule has 137 heavy (non-hydrogen) atoms. The quantitative estimate of drug-likeness (QED) is 0.0164. The van der Waals surface area contributed by atoms with Crippen LogP contribution in [0.5, 0.6) is 17.2 Å². The third-order valence-electron chi connectivity index (χ3n) is 29.1. The number of unbranched alkanes of at least 4 members (excludes halogenated alkanes) is 20. The molecule has 12 aromatic carbocycles. The number of rotatable bonds is 45. The number of anilines is 3. The number of carbonyl (C=O) groups excluding carboxylic acids is 1. The Balaban J connectivity index is 0.000000439. The first kappa shape index (κ1) is 104. The normalized spacial score (nSPS) is 13.5. The largest absolute Gasteiger partial charge is 3.00 e. The molecule has 13 aromatic rings. The van der Waals surface area contributed by atoms with Crippen molar-refractivity contribution in [2.75, 3.05) is 18.1 Å². The van der Waals surface area contributed by atoms with Crippen molar-refractivity contribution in [3.8, 4) is 109 Å². The van der Waals surface area contributed by atoms with Crippen LogP contribution >= 0.6 is 0 Å². The maximum Gasteiger partial charge on any atom is 3.00 e. The third-order valence-corrected chi connectivity index (χ3v) is 29.1. The molecule has 0 fully saturated rings. The number of terminal acetylenes is 1. The van der Waals surface area contributed by atoms with Gasteiger partial charge in [-0.05, 0) is 286 Å². The van der Waals surface area contributed by atoms with Gasteiger partial charge in [0.2, 0.25) is 0 Å². The molecule has 7 heteroatoms. The molecule has 0 spiro atoms. The molecular formula is C130H157IrN2O4. The van der Waals surface area contributed by atoms with Crippen molar-refractivity contribution in [1.29, 1.82) is 0 Å². The summed E-state index contributed by atoms with van der Waals surface area (Å²) in [6.45, 7) is 23.4. The molecule has 1 heterocycles. The van der Waals surface area contributed by atoms with E-state index in [1.54, 1.807) is 41.6 Å². The van der Waals surface area contributed by atoms with Gasteiger partial charge in [-0.25, -0.2) is 0 Å². The Hall–Kier alpha value is -11.9. The van der Waals surface area contributed by atoms with Crippen molar-refractivity contribution in [3.63, 3.8) is 0 Å². The van der Waals surface area contributed by atoms with Crippen LogP contribution in [0.1, 0.15) is 331 Å². The molecule has 2 unspecified atom stereocenters. The zero-order valence-corrected chi connectivity index (χ0v) is 86.3. The van der Waals surface area contributed by atoms with Crippen LogP contribution in [0.2, 0.25) is 0 Å². The number of carbonyl (C=O) groups is 1. The number of ketones is 1. The van der Waals surface area contributed by atoms with Gasteiger partial charge in [-0.15, -0.1) is 6.42 Å². The van der Waals surface area contributed by atoms with Crippen molar-refractivity contribution in [2.24, 2.45) is 0 Å². The fourth-order valence-corrected chi connectivity index (χ4v) is 21.6. The first-order valence-electron chi connectivity index (χ1n) is 50.8. The Bertz CT molecular complexity index is 6250. The second-order valence-electron chi connectivity index (χ2n) is 38.4. The summed E-state index contributed by atoms with van der Waals surface area (Å²) in [5.41, 5.74) is 34.6. The Kier molecular flexibility index (Phi) is 38.3. The minimum atomic E-state index is -0.715. The summed E-state index contributed by atoms with van der Waals surface area (Å²) in [4.78, 5) is 19.3. The van der Waals surface area contributed by atoms with Crippen molar-refractivity contribution >= 4 is 22.8 Å². The Labute approximate surface area is 846 Å². The van der Waals surface area contributed by atoms with Crippen molar-refractivity contribution < 1.29 is 47.7 Å². The zero-order valence-electron chi connectivity index (χ0n) is 83.9. The first-order valence-corrected chi connectivity index (χ1v) is 50.8. The second-order valence-corrected chi connectivity index (χ2v) is 38.4. The molecule has 0 aliphatic heterocycles. The van der Waals surface area contributed by atoms with Gasteiger partial charge >= 0.3 is 20.1 Å². The van der Waals surface area contributed by atoms with E-state index in [4.69, 9.17) is 20.6 Å². The summed E-state index contributed by atoms with van der Waals surface area (Å²) < 4.78 is 18.3. The van der Waals surface area contributed by atoms with Crippen LogP contribution in [0.15, 0.2) is 273 Å². The molecular weight excluding hydrogens is 1850 g/mol. The molecule has 6 nitrogen and oxygen atoms in total. The van der Waals surface area contributed by atoms with E-state index in [0.29, 0.717) is 41.9 Å². The van der Waals surface area contributed by atoms with E-state index >= 15 is 0 Å². The molecule has 0 saturated heterocycles. The fraction of sp³-hybridized carbons (Fsp3) is 0.346. The van der Waals surface area contributed by atoms with Gasteiger partial charge in [0.15, 0.2) is 5.78 Å². The third kappa shape index (κ3) is 24.1. The molecule has 720 valence electrons. The summed E-state index contributed by atoms with van der Waals surface area (Å²) in [6.07, 6.45) is 47.2. The molecule has 0 amide bonds. The first-order chi connectivity index (χ1) is 65.6. The summed E-state index contributed by atoms with van der Waals surface area (Å²) in [5.74, 6) is 12.6. The minimum Gasteiger partial charge on any atom is -0.661 e. The monoisotopic (exact) mass is 2000 g/mol. The molecule has 0 bridgehead atoms. The number of hydrogen-bond acceptors (Lipinski definition) is 5. The van der Waals surface area contributed by atoms with Crippen molar-refractivity contribution in [2.45, 2.75) is 278 Å². The van der Waals surface area contributed by atoms with Crippen LogP contribution in [0.4, 0.5) is 17.1 Å². The zero-order chi connectivity index (χ0) is 93.2. The maximum atomic E-state index is 12.8. The summed E-state index contributed by atoms with van der Waals surface area (Å²) in [5, 5.41) is 0. The van der Waals surface area contributed by atoms with E-state index in [1.807, 2.05) is 24.3 Å². The van der Waals surface area contributed by atoms with Crippen LogP contribution in [0.3, 0.4) is 0 Å². The molecule has 16 rings (SSSR count). The predicted molar refractivity (Wildman–Crippen MR) is 589 cm³/mol. The van der Waals surface area contributed by atoms with E-state index < -0.39 is 5.41 Å². The van der Waals surface area contributed by atoms with Crippen LogP contribution < -0.4 is 24.1 Å². The summed E-state index contributed by atoms with van der Waals surface area (Å²) in [6, 6.07) is 98.5. The van der Waals surface area contributed by atoms with E-state index in [-0.39, 0.29) is 60.1 Å². The summed E-state index contributed by atoms with van der Waals surface area (Å²) >= 11 is 0. The standard InChI is InChI=1S/C75H73NO4.C53H67N.2CH3.Ir.6H2/c1-6-9-12-15-17-19-44-74(45-20-18-16-13-10-7-2)68-50-54(4)24-40-64(68)65-42-28-57(52-69(65)74)58-29-43-67-66-41-25-55(5)51-70(66)75(71(67)53-58,59-30-36-62(37-31-59)78-47-21-14-11-8-3)60-32-38-63(39-33-60)80-49-48-79-61-34-26-56(27-35-61)73(77)72-23-22-46-76-72;1-7-10-12-14-16-18-36-53(37-19-17-15-13-11-8-2)51-38-41(5)22-34-49(51)50-35-27-45(39-52(50)53)44-25-32-48(33-26-44)54(46-28-20-40(4)21-29-46)47-30-23-43(24-31-47)42(6)9-3;;;;;;;;;/h3,22-43,46,50-53H,6-7,9-10,12-13,15-20,44-45,48-49H2,1-2,4-5H3,(H,76,77);20-35,38-39,42H,7-19,36-37H2,1-6H3;2*1H3;;6*1H/q;;2*-1;+3;;;;;;/p-1. The molecule has 1 aromatic heterocycles. The number of nitrogens with zero attached hydrogens (tertiary/aromatic N) is 2. The minimum absolute atomic E-state index is 0. The average Bonchev–Trinajstić information content (AvgIpc) is 1.54. The SMILES string of the molecule is C#CC#CC#COc1ccc(C2(c3ccc(OCCOc4ccc(C(=O)c5ccc[n-]5)cc4)cc3)c3cc(C)ccc3-c3ccc(-c4ccc5c(c4)C(CCCCCCCC)(CCCCCCCC)c4cc(C)ccc4-5)cc32)cc1.CCCCCCCCC1(CCCCCCCC)c2cc(C)ccc2-c2ccc(-c3ccc(N(c4ccc(C)cc4)c4ccc(C(C)CC)cc4)cc3)cc21.[CH3-].[CH3-].[HH].[HH].[HH].[HH].[HH].[HH].[Ir+3]. The number of ether oxygens (including phenoxy) is 3. The number of aryl methyl sites for hydroxylation is 4. The maximum absolute atomic E-state index is 12.8. The van der Waals surface area contributed by atoms with Crippen LogP contribution in [0, 0.1) is 78.8 Å². The van der Waals surface area contributed by atoms with Gasteiger partial charge in [-0.3, -0.25) is 4.79 Å². The molecule has 0 radical (unpaired) electrons. The van der Waals surface area contributed by atoms with E-state index in [0.717, 1.165) is 23.3 Å². The van der Waals surface area contributed by atoms with Gasteiger partial charge in [0.25, 0.3) is 0 Å². The molecule has 3 aliphatic carbocycles. The van der Waals surface area contributed by atoms with Crippen LogP contribution in [-0.4, -0.2) is 19.0 Å². The van der Waals surface area contributed by atoms with Gasteiger partial charge in [0.05, 0.1) is 5.41 Å². The Morgan fingerprint density at radius 2 is 0.715 bits per heavy atom. The average molecular weight is 2000 g/mol. The molecule has 3 aliphatic rings. The Morgan fingerprint density at radius 3 is 1.13 bits per heavy atom. The number of benzene rings is 12. The molecule has 2 atom stereocenters. The van der Waals surface area contributed by atoms with Gasteiger partial charge in [0.1, 0.15) is 36.6 Å². The molecule has 0 N–H and O–H groups in total. The number of hydrogen-bond donors (Lipinski definition) is 0. The fourth-order valence-electron chi connectivity index (χ4n) is 21.6. The van der Waals surface area contributed by atoms with Crippen LogP contribution in [-0.2, 0) is 36.4 Å². The number of fused-ring (bicyclic) bond motifs is 9. The van der Waals surface area contributed by atoms with Gasteiger partial charge in [0, 0.05) is 53.9 Å². The van der Waals surface area contributed by atoms with E-state index in [9.17, 15) is 4.79 Å². The smallest absolute Gasteiger partial charge is 0.661 e. The van der Waals surface area contributed by atoms with Gasteiger partial charge in [-0.1, -0.05) is 387 Å². The number of aromatic nitrogens is 1. The van der Waals surface area contributed by atoms with Gasteiger partial charge in [-0.2, -0.15) is 6.20 Å². The van der Waals surface area contributed by atoms with Crippen molar-refractivity contribution in [3.05, 3.63) is 372 Å². The van der Waals surface area contributed by atoms with E-state index in [2.05, 4.69) is 327 Å². The summed E-state index contributed by atoms with van der Waals surface area (Å²) in [7, 11) is 0. The predicted octanol–water partition coefficient (Wildman–Crippen LogP) is 36.8. The van der Waals surface area contributed by atoms with Crippen LogP contribution in [0.25, 0.3) is 55.6 Å². The molecule has 0 saturated carbocycles. The van der Waals surface area contributed by atoms with E-state index in [1.165, 1.54) is 303 Å². The van der Waals surface area contributed by atoms with Crippen molar-refractivity contribution in [1.82, 2.24) is 4.98 Å². The topological polar surface area (TPSA) is 62.1 Å². The van der Waals surface area contributed by atoms with Gasteiger partial charge < -0.3 is 38.9 Å². The Morgan fingerprint density at radius 1 is 0.372 bits per heavy atom.